The second-order valence-electron chi connectivity index (χ2n) is 7.90. The van der Waals surface area contributed by atoms with Crippen molar-refractivity contribution in [2.75, 3.05) is 50.4 Å². The zero-order valence-electron chi connectivity index (χ0n) is 21.0. The lowest BCUT2D eigenvalue weighted by Gasteiger charge is -2.25. The topological polar surface area (TPSA) is 73.8 Å². The number of nitrogens with zero attached hydrogens (tertiary/aromatic N) is 4. The molecular weight excluding hydrogens is 501 g/mol. The highest BCUT2D eigenvalue weighted by Crippen LogP contribution is 2.34. The number of thiazole rings is 1. The van der Waals surface area contributed by atoms with Crippen LogP contribution in [0.2, 0.25) is 0 Å². The third-order valence-electron chi connectivity index (χ3n) is 6.05. The third kappa shape index (κ3) is 6.06. The first-order valence-corrected chi connectivity index (χ1v) is 15.4. The van der Waals surface area contributed by atoms with E-state index in [1.165, 1.54) is 27.8 Å². The Kier molecular flexibility index (Phi) is 9.71. The number of hydrogen-bond acceptors (Lipinski definition) is 7. The summed E-state index contributed by atoms with van der Waals surface area (Å²) in [6.07, 6.45) is 2.02. The molecule has 1 amide bonds. The van der Waals surface area contributed by atoms with Crippen molar-refractivity contribution in [1.82, 2.24) is 14.2 Å². The molecule has 0 N–H and O–H groups in total. The molecule has 10 heteroatoms. The second kappa shape index (κ2) is 12.3. The smallest absolute Gasteiger partial charge is 0.260 e. The Labute approximate surface area is 217 Å². The molecule has 0 saturated carbocycles. The number of anilines is 1. The molecule has 2 aromatic carbocycles. The minimum Gasteiger partial charge on any atom is -0.302 e. The molecule has 0 atom stereocenters. The molecule has 0 saturated heterocycles. The van der Waals surface area contributed by atoms with E-state index in [0.717, 1.165) is 34.7 Å². The van der Waals surface area contributed by atoms with Gasteiger partial charge in [0.05, 0.1) is 15.1 Å². The van der Waals surface area contributed by atoms with Crippen LogP contribution in [0.1, 0.15) is 38.1 Å². The molecule has 0 fully saturated rings. The maximum atomic E-state index is 13.7. The number of hydrogen-bond donors (Lipinski definition) is 0. The SMILES string of the molecule is CCN(CC)CCN(C(=O)c1ccc(S(=O)(=O)N(CC)CC)cc1)c1nc2c(SC)cccc2s1. The fourth-order valence-electron chi connectivity index (χ4n) is 3.89. The second-order valence-corrected chi connectivity index (χ2v) is 11.7. The standard InChI is InChI=1S/C25H34N4O3S3/c1-6-27(7-2)17-18-29(25-26-23-21(33-5)11-10-12-22(23)34-25)24(30)19-13-15-20(16-14-19)35(31,32)28(8-3)9-4/h10-16H,6-9,17-18H2,1-5H3. The summed E-state index contributed by atoms with van der Waals surface area (Å²) in [5.74, 6) is -0.186. The Morgan fingerprint density at radius 1 is 0.943 bits per heavy atom. The third-order valence-corrected chi connectivity index (χ3v) is 9.92. The average Bonchev–Trinajstić information content (AvgIpc) is 3.31. The highest BCUT2D eigenvalue weighted by Gasteiger charge is 2.25. The normalized spacial score (nSPS) is 12.1. The number of likely N-dealkylation sites (N-methyl/N-ethyl adjacent to an activating group) is 1. The number of benzene rings is 2. The highest BCUT2D eigenvalue weighted by molar-refractivity contribution is 7.98. The number of carbonyl (C=O) groups excluding carboxylic acids is 1. The van der Waals surface area contributed by atoms with Crippen molar-refractivity contribution in [1.29, 1.82) is 0 Å². The lowest BCUT2D eigenvalue weighted by Crippen LogP contribution is -2.39. The van der Waals surface area contributed by atoms with Crippen LogP contribution in [-0.4, -0.2) is 74.0 Å². The Hall–Kier alpha value is -1.98. The molecular formula is C25H34N4O3S3. The van der Waals surface area contributed by atoms with Crippen LogP contribution in [0, 0.1) is 0 Å². The van der Waals surface area contributed by atoms with Crippen molar-refractivity contribution in [3.05, 3.63) is 48.0 Å². The monoisotopic (exact) mass is 534 g/mol. The molecule has 3 aromatic rings. The summed E-state index contributed by atoms with van der Waals surface area (Å²) in [7, 11) is -3.58. The van der Waals surface area contributed by atoms with Crippen molar-refractivity contribution in [3.63, 3.8) is 0 Å². The number of aromatic nitrogens is 1. The van der Waals surface area contributed by atoms with Gasteiger partial charge in [-0.15, -0.1) is 11.8 Å². The van der Waals surface area contributed by atoms with E-state index < -0.39 is 10.0 Å². The van der Waals surface area contributed by atoms with Gasteiger partial charge in [0, 0.05) is 36.6 Å². The van der Waals surface area contributed by atoms with Gasteiger partial charge in [0.25, 0.3) is 5.91 Å². The van der Waals surface area contributed by atoms with E-state index in [2.05, 4.69) is 18.7 Å². The number of carbonyl (C=O) groups is 1. The van der Waals surface area contributed by atoms with Crippen LogP contribution in [0.4, 0.5) is 5.13 Å². The fraction of sp³-hybridized carbons (Fsp3) is 0.440. The first-order chi connectivity index (χ1) is 16.8. The van der Waals surface area contributed by atoms with Crippen molar-refractivity contribution in [3.8, 4) is 0 Å². The first kappa shape index (κ1) is 27.6. The lowest BCUT2D eigenvalue weighted by atomic mass is 10.2. The van der Waals surface area contributed by atoms with Gasteiger partial charge in [-0.3, -0.25) is 9.69 Å². The summed E-state index contributed by atoms with van der Waals surface area (Å²) in [5.41, 5.74) is 1.34. The first-order valence-electron chi connectivity index (χ1n) is 11.9. The van der Waals surface area contributed by atoms with Gasteiger partial charge < -0.3 is 4.90 Å². The van der Waals surface area contributed by atoms with Gasteiger partial charge >= 0.3 is 0 Å². The number of thioether (sulfide) groups is 1. The summed E-state index contributed by atoms with van der Waals surface area (Å²) in [5, 5.41) is 0.651. The number of para-hydroxylation sites is 1. The van der Waals surface area contributed by atoms with E-state index in [0.29, 0.717) is 30.3 Å². The van der Waals surface area contributed by atoms with Gasteiger partial charge in [-0.25, -0.2) is 13.4 Å². The Morgan fingerprint density at radius 3 is 2.17 bits per heavy atom. The van der Waals surface area contributed by atoms with Crippen LogP contribution < -0.4 is 4.90 Å². The average molecular weight is 535 g/mol. The summed E-state index contributed by atoms with van der Waals surface area (Å²) in [6.45, 7) is 11.6. The summed E-state index contributed by atoms with van der Waals surface area (Å²) in [6, 6.07) is 12.3. The molecule has 0 spiro atoms. The molecule has 7 nitrogen and oxygen atoms in total. The van der Waals surface area contributed by atoms with Gasteiger partial charge in [-0.05, 0) is 55.7 Å². The van der Waals surface area contributed by atoms with E-state index in [-0.39, 0.29) is 10.8 Å². The maximum absolute atomic E-state index is 13.7. The van der Waals surface area contributed by atoms with Gasteiger partial charge in [0.2, 0.25) is 10.0 Å². The highest BCUT2D eigenvalue weighted by atomic mass is 32.2. The van der Waals surface area contributed by atoms with Crippen molar-refractivity contribution < 1.29 is 13.2 Å². The molecule has 0 radical (unpaired) electrons. The zero-order valence-corrected chi connectivity index (χ0v) is 23.5. The molecule has 0 aliphatic rings. The van der Waals surface area contributed by atoms with E-state index in [1.807, 2.05) is 38.3 Å². The predicted molar refractivity (Wildman–Crippen MR) is 147 cm³/mol. The van der Waals surface area contributed by atoms with E-state index in [4.69, 9.17) is 4.98 Å². The molecule has 0 aliphatic carbocycles. The number of fused-ring (bicyclic) bond motifs is 1. The van der Waals surface area contributed by atoms with Crippen LogP contribution in [0.5, 0.6) is 0 Å². The van der Waals surface area contributed by atoms with Crippen LogP contribution in [-0.2, 0) is 10.0 Å². The minimum atomic E-state index is -3.58. The molecule has 1 aromatic heterocycles. The Bertz CT molecular complexity index is 1230. The maximum Gasteiger partial charge on any atom is 0.260 e. The van der Waals surface area contributed by atoms with Crippen LogP contribution in [0.15, 0.2) is 52.3 Å². The van der Waals surface area contributed by atoms with Crippen molar-refractivity contribution >= 4 is 54.4 Å². The van der Waals surface area contributed by atoms with E-state index in [1.54, 1.807) is 28.8 Å². The Balaban J connectivity index is 1.97. The number of amides is 1. The van der Waals surface area contributed by atoms with Crippen LogP contribution >= 0.6 is 23.1 Å². The zero-order chi connectivity index (χ0) is 25.6. The molecule has 0 aliphatic heterocycles. The van der Waals surface area contributed by atoms with Crippen LogP contribution in [0.25, 0.3) is 10.2 Å². The van der Waals surface area contributed by atoms with Crippen molar-refractivity contribution in [2.24, 2.45) is 0 Å². The largest absolute Gasteiger partial charge is 0.302 e. The molecule has 3 rings (SSSR count). The van der Waals surface area contributed by atoms with E-state index >= 15 is 0 Å². The molecule has 190 valence electrons. The summed E-state index contributed by atoms with van der Waals surface area (Å²) in [4.78, 5) is 23.8. The van der Waals surface area contributed by atoms with E-state index in [9.17, 15) is 13.2 Å². The van der Waals surface area contributed by atoms with Gasteiger partial charge in [0.1, 0.15) is 0 Å². The molecule has 35 heavy (non-hydrogen) atoms. The number of sulfonamides is 1. The van der Waals surface area contributed by atoms with Gasteiger partial charge in [-0.1, -0.05) is 45.1 Å². The number of rotatable bonds is 12. The lowest BCUT2D eigenvalue weighted by molar-refractivity contribution is 0.0983. The molecule has 0 unspecified atom stereocenters. The Morgan fingerprint density at radius 2 is 1.60 bits per heavy atom. The van der Waals surface area contributed by atoms with Gasteiger partial charge in [-0.2, -0.15) is 4.31 Å². The quantitative estimate of drug-likeness (QED) is 0.303. The molecule has 1 heterocycles. The fourth-order valence-corrected chi connectivity index (χ4v) is 7.00. The summed E-state index contributed by atoms with van der Waals surface area (Å²) < 4.78 is 28.1. The van der Waals surface area contributed by atoms with Gasteiger partial charge in [0.15, 0.2) is 5.13 Å². The minimum absolute atomic E-state index is 0.186. The predicted octanol–water partition coefficient (Wildman–Crippen LogP) is 5.04. The van der Waals surface area contributed by atoms with Crippen molar-refractivity contribution in [2.45, 2.75) is 37.5 Å². The summed E-state index contributed by atoms with van der Waals surface area (Å²) >= 11 is 3.14. The molecule has 0 bridgehead atoms. The van der Waals surface area contributed by atoms with Crippen LogP contribution in [0.3, 0.4) is 0 Å².